The van der Waals surface area contributed by atoms with Crippen LogP contribution in [-0.4, -0.2) is 30.4 Å². The Labute approximate surface area is 157 Å². The lowest BCUT2D eigenvalue weighted by molar-refractivity contribution is -0.121. The first kappa shape index (κ1) is 18.7. The third-order valence-electron chi connectivity index (χ3n) is 5.47. The summed E-state index contributed by atoms with van der Waals surface area (Å²) >= 11 is 0. The predicted octanol–water partition coefficient (Wildman–Crippen LogP) is 3.96. The van der Waals surface area contributed by atoms with Gasteiger partial charge in [0.15, 0.2) is 0 Å². The second-order valence-electron chi connectivity index (χ2n) is 7.43. The van der Waals surface area contributed by atoms with Crippen LogP contribution >= 0.6 is 0 Å². The highest BCUT2D eigenvalue weighted by Gasteiger charge is 2.19. The minimum atomic E-state index is 0.152. The van der Waals surface area contributed by atoms with Crippen LogP contribution in [0.15, 0.2) is 54.6 Å². The number of hydrogen-bond acceptors (Lipinski definition) is 2. The van der Waals surface area contributed by atoms with Gasteiger partial charge in [0.25, 0.3) is 0 Å². The molecule has 3 heteroatoms. The van der Waals surface area contributed by atoms with Crippen molar-refractivity contribution in [3.8, 4) is 0 Å². The quantitative estimate of drug-likeness (QED) is 0.820. The van der Waals surface area contributed by atoms with Crippen LogP contribution in [0.5, 0.6) is 0 Å². The van der Waals surface area contributed by atoms with Crippen molar-refractivity contribution in [2.75, 3.05) is 19.6 Å². The second kappa shape index (κ2) is 9.54. The standard InChI is InChI=1S/C23H30N2O/c1-19-7-5-6-10-22(19)18-24-23(26)13-16-25-14-11-21(12-15-25)17-20-8-3-2-4-9-20/h2-10,21H,11-18H2,1H3,(H,24,26). The number of rotatable bonds is 7. The van der Waals surface area contributed by atoms with E-state index in [0.717, 1.165) is 25.6 Å². The Morgan fingerprint density at radius 2 is 1.73 bits per heavy atom. The van der Waals surface area contributed by atoms with Gasteiger partial charge < -0.3 is 10.2 Å². The molecule has 1 amide bonds. The number of aryl methyl sites for hydroxylation is 1. The number of nitrogens with zero attached hydrogens (tertiary/aromatic N) is 1. The van der Waals surface area contributed by atoms with Gasteiger partial charge in [-0.25, -0.2) is 0 Å². The molecule has 0 radical (unpaired) electrons. The van der Waals surface area contributed by atoms with E-state index in [1.165, 1.54) is 36.0 Å². The van der Waals surface area contributed by atoms with Crippen LogP contribution in [0.25, 0.3) is 0 Å². The summed E-state index contributed by atoms with van der Waals surface area (Å²) in [7, 11) is 0. The van der Waals surface area contributed by atoms with Crippen LogP contribution in [0, 0.1) is 12.8 Å². The number of amides is 1. The van der Waals surface area contributed by atoms with Gasteiger partial charge in [-0.15, -0.1) is 0 Å². The number of hydrogen-bond donors (Lipinski definition) is 1. The monoisotopic (exact) mass is 350 g/mol. The van der Waals surface area contributed by atoms with Crippen molar-refractivity contribution < 1.29 is 4.79 Å². The third-order valence-corrected chi connectivity index (χ3v) is 5.47. The molecule has 1 saturated heterocycles. The van der Waals surface area contributed by atoms with Gasteiger partial charge in [-0.3, -0.25) is 4.79 Å². The Morgan fingerprint density at radius 3 is 2.46 bits per heavy atom. The van der Waals surface area contributed by atoms with Gasteiger partial charge in [0, 0.05) is 19.5 Å². The molecule has 2 aromatic carbocycles. The Kier molecular flexibility index (Phi) is 6.84. The summed E-state index contributed by atoms with van der Waals surface area (Å²) in [5, 5.41) is 3.06. The zero-order valence-electron chi connectivity index (χ0n) is 15.8. The third kappa shape index (κ3) is 5.70. The topological polar surface area (TPSA) is 32.3 Å². The highest BCUT2D eigenvalue weighted by molar-refractivity contribution is 5.76. The lowest BCUT2D eigenvalue weighted by Gasteiger charge is -2.31. The largest absolute Gasteiger partial charge is 0.352 e. The molecule has 1 N–H and O–H groups in total. The van der Waals surface area contributed by atoms with E-state index in [4.69, 9.17) is 0 Å². The fraction of sp³-hybridized carbons (Fsp3) is 0.435. The highest BCUT2D eigenvalue weighted by atomic mass is 16.1. The van der Waals surface area contributed by atoms with E-state index in [1.807, 2.05) is 12.1 Å². The minimum absolute atomic E-state index is 0.152. The van der Waals surface area contributed by atoms with Gasteiger partial charge >= 0.3 is 0 Å². The highest BCUT2D eigenvalue weighted by Crippen LogP contribution is 2.21. The molecule has 138 valence electrons. The fourth-order valence-corrected chi connectivity index (χ4v) is 3.71. The zero-order chi connectivity index (χ0) is 18.2. The minimum Gasteiger partial charge on any atom is -0.352 e. The predicted molar refractivity (Wildman–Crippen MR) is 107 cm³/mol. The molecule has 0 saturated carbocycles. The van der Waals surface area contributed by atoms with E-state index >= 15 is 0 Å². The lowest BCUT2D eigenvalue weighted by atomic mass is 9.90. The maximum atomic E-state index is 12.1. The molecule has 0 atom stereocenters. The first-order valence-electron chi connectivity index (χ1n) is 9.78. The van der Waals surface area contributed by atoms with E-state index in [9.17, 15) is 4.79 Å². The molecule has 26 heavy (non-hydrogen) atoms. The van der Waals surface area contributed by atoms with Crippen LogP contribution in [-0.2, 0) is 17.8 Å². The average molecular weight is 351 g/mol. The van der Waals surface area contributed by atoms with E-state index in [0.29, 0.717) is 13.0 Å². The molecular weight excluding hydrogens is 320 g/mol. The maximum absolute atomic E-state index is 12.1. The summed E-state index contributed by atoms with van der Waals surface area (Å²) in [5.74, 6) is 0.934. The van der Waals surface area contributed by atoms with Crippen LogP contribution in [0.2, 0.25) is 0 Å². The molecule has 2 aromatic rings. The summed E-state index contributed by atoms with van der Waals surface area (Å²) in [4.78, 5) is 14.6. The molecule has 3 nitrogen and oxygen atoms in total. The summed E-state index contributed by atoms with van der Waals surface area (Å²) in [6, 6.07) is 19.0. The first-order valence-corrected chi connectivity index (χ1v) is 9.78. The average Bonchev–Trinajstić information content (AvgIpc) is 2.68. The van der Waals surface area contributed by atoms with Crippen LogP contribution < -0.4 is 5.32 Å². The number of carbonyl (C=O) groups excluding carboxylic acids is 1. The van der Waals surface area contributed by atoms with Crippen LogP contribution in [0.1, 0.15) is 36.0 Å². The summed E-state index contributed by atoms with van der Waals surface area (Å²) in [6.07, 6.45) is 4.25. The van der Waals surface area contributed by atoms with Crippen LogP contribution in [0.3, 0.4) is 0 Å². The van der Waals surface area contributed by atoms with Crippen molar-refractivity contribution in [2.45, 2.75) is 39.2 Å². The van der Waals surface area contributed by atoms with Gasteiger partial charge in [-0.1, -0.05) is 54.6 Å². The molecule has 0 aliphatic carbocycles. The molecule has 0 spiro atoms. The Morgan fingerprint density at radius 1 is 1.04 bits per heavy atom. The van der Waals surface area contributed by atoms with E-state index in [-0.39, 0.29) is 5.91 Å². The molecule has 0 aromatic heterocycles. The number of likely N-dealkylation sites (tertiary alicyclic amines) is 1. The van der Waals surface area contributed by atoms with Crippen LogP contribution in [0.4, 0.5) is 0 Å². The van der Waals surface area contributed by atoms with Gasteiger partial charge in [-0.05, 0) is 61.9 Å². The van der Waals surface area contributed by atoms with E-state index < -0.39 is 0 Å². The Hall–Kier alpha value is -2.13. The fourth-order valence-electron chi connectivity index (χ4n) is 3.71. The van der Waals surface area contributed by atoms with E-state index in [1.54, 1.807) is 0 Å². The molecule has 0 bridgehead atoms. The van der Waals surface area contributed by atoms with Gasteiger partial charge in [0.1, 0.15) is 0 Å². The molecule has 1 fully saturated rings. The summed E-state index contributed by atoms with van der Waals surface area (Å²) < 4.78 is 0. The molecule has 1 aliphatic rings. The normalized spacial score (nSPS) is 15.7. The van der Waals surface area contributed by atoms with Gasteiger partial charge in [-0.2, -0.15) is 0 Å². The molecule has 1 aliphatic heterocycles. The molecule has 1 heterocycles. The number of carbonyl (C=O) groups is 1. The van der Waals surface area contributed by atoms with Crippen molar-refractivity contribution in [3.63, 3.8) is 0 Å². The Balaban J connectivity index is 1.33. The van der Waals surface area contributed by atoms with Crippen molar-refractivity contribution in [1.82, 2.24) is 10.2 Å². The van der Waals surface area contributed by atoms with Crippen molar-refractivity contribution in [1.29, 1.82) is 0 Å². The van der Waals surface area contributed by atoms with Gasteiger partial charge in [0.05, 0.1) is 0 Å². The SMILES string of the molecule is Cc1ccccc1CNC(=O)CCN1CCC(Cc2ccccc2)CC1. The summed E-state index contributed by atoms with van der Waals surface area (Å²) in [5.41, 5.74) is 3.87. The molecule has 3 rings (SSSR count). The Bertz CT molecular complexity index is 690. The van der Waals surface area contributed by atoms with Gasteiger partial charge in [0.2, 0.25) is 5.91 Å². The van der Waals surface area contributed by atoms with Crippen molar-refractivity contribution in [3.05, 3.63) is 71.3 Å². The van der Waals surface area contributed by atoms with E-state index in [2.05, 4.69) is 59.6 Å². The van der Waals surface area contributed by atoms with Crippen molar-refractivity contribution >= 4 is 5.91 Å². The van der Waals surface area contributed by atoms with Crippen molar-refractivity contribution in [2.24, 2.45) is 5.92 Å². The number of benzene rings is 2. The number of piperidine rings is 1. The second-order valence-corrected chi connectivity index (χ2v) is 7.43. The lowest BCUT2D eigenvalue weighted by Crippen LogP contribution is -2.37. The summed E-state index contributed by atoms with van der Waals surface area (Å²) in [6.45, 7) is 5.81. The maximum Gasteiger partial charge on any atom is 0.221 e. The molecule has 0 unspecified atom stereocenters. The first-order chi connectivity index (χ1) is 12.7. The smallest absolute Gasteiger partial charge is 0.221 e. The molecular formula is C23H30N2O. The number of nitrogens with one attached hydrogen (secondary N) is 1. The zero-order valence-corrected chi connectivity index (χ0v) is 15.8.